The second-order valence-electron chi connectivity index (χ2n) is 3.40. The highest BCUT2D eigenvalue weighted by Crippen LogP contribution is 2.25. The Bertz CT molecular complexity index is 498. The van der Waals surface area contributed by atoms with E-state index in [0.717, 1.165) is 15.4 Å². The van der Waals surface area contributed by atoms with Gasteiger partial charge in [0.1, 0.15) is 5.01 Å². The molecule has 0 atom stereocenters. The van der Waals surface area contributed by atoms with E-state index in [9.17, 15) is 4.79 Å². The average Bonchev–Trinajstić information content (AvgIpc) is 2.86. The standard InChI is InChI=1S/C11H11N3OS2/c15-10(14-16)2-1-9-7-13-11(17-9)8-3-5-12-6-4-8/h3-7,16H,1-2H2,(H,14,15). The van der Waals surface area contributed by atoms with E-state index in [2.05, 4.69) is 27.5 Å². The molecule has 2 rings (SSSR count). The third-order valence-corrected chi connectivity index (χ3v) is 3.56. The lowest BCUT2D eigenvalue weighted by molar-refractivity contribution is -0.119. The zero-order valence-electron chi connectivity index (χ0n) is 8.96. The van der Waals surface area contributed by atoms with Gasteiger partial charge >= 0.3 is 0 Å². The van der Waals surface area contributed by atoms with E-state index >= 15 is 0 Å². The van der Waals surface area contributed by atoms with Crippen LogP contribution in [0.5, 0.6) is 0 Å². The SMILES string of the molecule is O=C(CCc1cnc(-c2ccncc2)s1)NS. The first kappa shape index (κ1) is 12.1. The van der Waals surface area contributed by atoms with Crippen LogP contribution in [0.1, 0.15) is 11.3 Å². The van der Waals surface area contributed by atoms with Gasteiger partial charge in [0.05, 0.1) is 0 Å². The summed E-state index contributed by atoms with van der Waals surface area (Å²) in [5.74, 6) is -0.0767. The lowest BCUT2D eigenvalue weighted by atomic mass is 10.3. The molecule has 0 bridgehead atoms. The van der Waals surface area contributed by atoms with Crippen molar-refractivity contribution in [2.24, 2.45) is 0 Å². The molecule has 0 aliphatic heterocycles. The van der Waals surface area contributed by atoms with Crippen LogP contribution in [0.3, 0.4) is 0 Å². The van der Waals surface area contributed by atoms with E-state index in [-0.39, 0.29) is 5.91 Å². The summed E-state index contributed by atoms with van der Waals surface area (Å²) in [5.41, 5.74) is 1.05. The van der Waals surface area contributed by atoms with Gasteiger partial charge in [0.2, 0.25) is 5.91 Å². The maximum absolute atomic E-state index is 11.1. The highest BCUT2D eigenvalue weighted by Gasteiger charge is 2.06. The minimum Gasteiger partial charge on any atom is -0.303 e. The topological polar surface area (TPSA) is 54.9 Å². The van der Waals surface area contributed by atoms with Crippen molar-refractivity contribution in [2.75, 3.05) is 0 Å². The summed E-state index contributed by atoms with van der Waals surface area (Å²) in [5, 5.41) is 0.952. The van der Waals surface area contributed by atoms with Crippen molar-refractivity contribution in [3.05, 3.63) is 35.6 Å². The van der Waals surface area contributed by atoms with E-state index < -0.39 is 0 Å². The van der Waals surface area contributed by atoms with Crippen LogP contribution in [0.25, 0.3) is 10.6 Å². The molecule has 2 heterocycles. The molecule has 6 heteroatoms. The van der Waals surface area contributed by atoms with E-state index in [0.29, 0.717) is 12.8 Å². The van der Waals surface area contributed by atoms with Crippen LogP contribution in [0.2, 0.25) is 0 Å². The van der Waals surface area contributed by atoms with Gasteiger partial charge in [-0.1, -0.05) is 12.8 Å². The Hall–Kier alpha value is -1.40. The molecule has 4 nitrogen and oxygen atoms in total. The van der Waals surface area contributed by atoms with E-state index in [1.165, 1.54) is 0 Å². The summed E-state index contributed by atoms with van der Waals surface area (Å²) in [6.07, 6.45) is 6.42. The molecule has 0 saturated carbocycles. The molecule has 1 amide bonds. The van der Waals surface area contributed by atoms with Gasteiger partial charge in [-0.3, -0.25) is 9.78 Å². The van der Waals surface area contributed by atoms with Crippen LogP contribution >= 0.6 is 24.2 Å². The molecule has 0 saturated heterocycles. The second kappa shape index (κ2) is 5.79. The minimum atomic E-state index is -0.0767. The van der Waals surface area contributed by atoms with Crippen LogP contribution in [-0.4, -0.2) is 15.9 Å². The smallest absolute Gasteiger partial charge is 0.229 e. The first-order valence-electron chi connectivity index (χ1n) is 5.07. The molecule has 0 radical (unpaired) electrons. The molecular weight excluding hydrogens is 254 g/mol. The summed E-state index contributed by atoms with van der Waals surface area (Å²) in [6.45, 7) is 0. The zero-order chi connectivity index (χ0) is 12.1. The third-order valence-electron chi connectivity index (χ3n) is 2.20. The Labute approximate surface area is 109 Å². The summed E-state index contributed by atoms with van der Waals surface area (Å²) < 4.78 is 2.31. The van der Waals surface area contributed by atoms with Gasteiger partial charge < -0.3 is 4.72 Å². The quantitative estimate of drug-likeness (QED) is 0.832. The number of rotatable bonds is 4. The Morgan fingerprint density at radius 2 is 2.18 bits per heavy atom. The second-order valence-corrected chi connectivity index (χ2v) is 4.74. The maximum atomic E-state index is 11.1. The van der Waals surface area contributed by atoms with E-state index in [1.807, 2.05) is 18.3 Å². The summed E-state index contributed by atoms with van der Waals surface area (Å²) in [7, 11) is 0. The number of carbonyl (C=O) groups is 1. The number of carbonyl (C=O) groups excluding carboxylic acids is 1. The van der Waals surface area contributed by atoms with Crippen LogP contribution in [-0.2, 0) is 11.2 Å². The fourth-order valence-electron chi connectivity index (χ4n) is 1.34. The number of amides is 1. The summed E-state index contributed by atoms with van der Waals surface area (Å²) >= 11 is 5.30. The highest BCUT2D eigenvalue weighted by atomic mass is 32.1. The molecule has 1 N–H and O–H groups in total. The van der Waals surface area contributed by atoms with Crippen molar-refractivity contribution in [1.82, 2.24) is 14.7 Å². The Balaban J connectivity index is 2.04. The third kappa shape index (κ3) is 3.28. The first-order chi connectivity index (χ1) is 8.29. The Morgan fingerprint density at radius 1 is 1.41 bits per heavy atom. The normalized spacial score (nSPS) is 10.2. The molecule has 0 aromatic carbocycles. The van der Waals surface area contributed by atoms with Crippen LogP contribution in [0, 0.1) is 0 Å². The number of hydrogen-bond donors (Lipinski definition) is 2. The van der Waals surface area contributed by atoms with Gasteiger partial charge in [0, 0.05) is 35.5 Å². The van der Waals surface area contributed by atoms with Crippen LogP contribution < -0.4 is 4.72 Å². The molecule has 17 heavy (non-hydrogen) atoms. The summed E-state index contributed by atoms with van der Waals surface area (Å²) in [6, 6.07) is 3.84. The van der Waals surface area contributed by atoms with Gasteiger partial charge in [-0.25, -0.2) is 4.98 Å². The van der Waals surface area contributed by atoms with E-state index in [1.54, 1.807) is 23.7 Å². The number of nitrogens with one attached hydrogen (secondary N) is 1. The molecule has 0 aliphatic rings. The Morgan fingerprint density at radius 3 is 2.88 bits per heavy atom. The first-order valence-corrected chi connectivity index (χ1v) is 6.34. The maximum Gasteiger partial charge on any atom is 0.229 e. The predicted molar refractivity (Wildman–Crippen MR) is 70.8 cm³/mol. The number of thiol groups is 1. The van der Waals surface area contributed by atoms with Crippen molar-refractivity contribution in [3.8, 4) is 10.6 Å². The molecule has 88 valence electrons. The number of hydrogen-bond acceptors (Lipinski definition) is 5. The molecule has 2 aromatic heterocycles. The van der Waals surface area contributed by atoms with Gasteiger partial charge in [-0.05, 0) is 18.6 Å². The zero-order valence-corrected chi connectivity index (χ0v) is 10.7. The van der Waals surface area contributed by atoms with Crippen molar-refractivity contribution in [1.29, 1.82) is 0 Å². The lowest BCUT2D eigenvalue weighted by Crippen LogP contribution is -2.12. The summed E-state index contributed by atoms with van der Waals surface area (Å²) in [4.78, 5) is 20.4. The van der Waals surface area contributed by atoms with Gasteiger partial charge in [-0.2, -0.15) is 0 Å². The number of aryl methyl sites for hydroxylation is 1. The predicted octanol–water partition coefficient (Wildman–Crippen LogP) is 2.10. The van der Waals surface area contributed by atoms with Gasteiger partial charge in [0.25, 0.3) is 0 Å². The van der Waals surface area contributed by atoms with Crippen molar-refractivity contribution in [3.63, 3.8) is 0 Å². The largest absolute Gasteiger partial charge is 0.303 e. The van der Waals surface area contributed by atoms with Crippen molar-refractivity contribution < 1.29 is 4.79 Å². The highest BCUT2D eigenvalue weighted by molar-refractivity contribution is 7.78. The van der Waals surface area contributed by atoms with Crippen LogP contribution in [0.15, 0.2) is 30.7 Å². The molecular formula is C11H11N3OS2. The fourth-order valence-corrected chi connectivity index (χ4v) is 2.37. The molecule has 0 aliphatic carbocycles. The Kier molecular flexibility index (Phi) is 4.11. The fraction of sp³-hybridized carbons (Fsp3) is 0.182. The average molecular weight is 265 g/mol. The molecule has 0 spiro atoms. The van der Waals surface area contributed by atoms with E-state index in [4.69, 9.17) is 0 Å². The number of thiazole rings is 1. The minimum absolute atomic E-state index is 0.0767. The van der Waals surface area contributed by atoms with Crippen molar-refractivity contribution >= 4 is 30.1 Å². The number of pyridine rings is 1. The number of aromatic nitrogens is 2. The molecule has 0 fully saturated rings. The van der Waals surface area contributed by atoms with Crippen LogP contribution in [0.4, 0.5) is 0 Å². The van der Waals surface area contributed by atoms with Crippen molar-refractivity contribution in [2.45, 2.75) is 12.8 Å². The molecule has 0 unspecified atom stereocenters. The lowest BCUT2D eigenvalue weighted by Gasteiger charge is -1.95. The number of nitrogens with zero attached hydrogens (tertiary/aromatic N) is 2. The van der Waals surface area contributed by atoms with Gasteiger partial charge in [-0.15, -0.1) is 11.3 Å². The molecule has 2 aromatic rings. The van der Waals surface area contributed by atoms with Gasteiger partial charge in [0.15, 0.2) is 0 Å². The monoisotopic (exact) mass is 265 g/mol.